The number of fused-ring (bicyclic) bond motifs is 1. The molecule has 6 heteroatoms. The first-order valence-corrected chi connectivity index (χ1v) is 16.5. The summed E-state index contributed by atoms with van der Waals surface area (Å²) in [6.07, 6.45) is 7.92. The van der Waals surface area contributed by atoms with E-state index >= 15 is 4.57 Å². The lowest BCUT2D eigenvalue weighted by Crippen LogP contribution is -2.39. The molecule has 1 saturated carbocycles. The smallest absolute Gasteiger partial charge is 0.339 e. The van der Waals surface area contributed by atoms with Gasteiger partial charge in [0.25, 0.3) is 7.44 Å². The summed E-state index contributed by atoms with van der Waals surface area (Å²) in [4.78, 5) is 13.6. The predicted octanol–water partition coefficient (Wildman–Crippen LogP) is 8.41. The van der Waals surface area contributed by atoms with E-state index < -0.39 is 19.3 Å². The SMILES string of the molecule is O=C(O[C@H](/C=C/c1ccccc1)P1(=O)N(Cc2ccccc2)[C@H]2CCCC[C@@H]2N1Cc1ccccc1)c1ccccc1. The number of hydrogen-bond acceptors (Lipinski definition) is 3. The van der Waals surface area contributed by atoms with Gasteiger partial charge in [-0.3, -0.25) is 4.57 Å². The summed E-state index contributed by atoms with van der Waals surface area (Å²) in [7, 11) is -3.51. The Hall–Kier alpha value is -3.76. The highest BCUT2D eigenvalue weighted by atomic mass is 31.2. The van der Waals surface area contributed by atoms with Crippen LogP contribution in [0.3, 0.4) is 0 Å². The van der Waals surface area contributed by atoms with Gasteiger partial charge in [-0.05, 0) is 47.7 Å². The van der Waals surface area contributed by atoms with E-state index in [9.17, 15) is 4.79 Å². The maximum Gasteiger partial charge on any atom is 0.339 e. The fourth-order valence-electron chi connectivity index (χ4n) is 6.36. The lowest BCUT2D eigenvalue weighted by Gasteiger charge is -2.36. The second kappa shape index (κ2) is 13.0. The molecule has 4 aromatic carbocycles. The van der Waals surface area contributed by atoms with Gasteiger partial charge >= 0.3 is 5.97 Å². The van der Waals surface area contributed by atoms with Gasteiger partial charge in [-0.15, -0.1) is 0 Å². The molecule has 0 spiro atoms. The molecule has 0 aromatic heterocycles. The molecule has 1 heterocycles. The standard InChI is InChI=1S/C36H37N2O3P/c39-36(32-21-11-4-12-22-32)41-35(26-25-29-15-5-1-6-16-29)42(40)37(27-30-17-7-2-8-18-30)33-23-13-14-24-34(33)38(42)28-31-19-9-3-10-20-31/h1-12,15-22,25-26,33-35H,13-14,23-24,27-28H2/b26-25+/t33-,34-,35-/m0/s1. The van der Waals surface area contributed by atoms with Crippen molar-refractivity contribution in [2.75, 3.05) is 0 Å². The average molecular weight is 577 g/mol. The molecule has 3 atom stereocenters. The predicted molar refractivity (Wildman–Crippen MR) is 169 cm³/mol. The summed E-state index contributed by atoms with van der Waals surface area (Å²) in [5.41, 5.74) is 3.61. The number of rotatable bonds is 9. The minimum absolute atomic E-state index is 0.108. The van der Waals surface area contributed by atoms with Crippen molar-refractivity contribution in [3.05, 3.63) is 150 Å². The zero-order valence-corrected chi connectivity index (χ0v) is 24.6. The molecule has 2 aliphatic rings. The van der Waals surface area contributed by atoms with E-state index in [1.807, 2.05) is 97.1 Å². The lowest BCUT2D eigenvalue weighted by atomic mass is 9.90. The van der Waals surface area contributed by atoms with Crippen LogP contribution in [-0.4, -0.2) is 33.2 Å². The Morgan fingerprint density at radius 1 is 0.714 bits per heavy atom. The molecule has 0 amide bonds. The molecule has 0 N–H and O–H groups in total. The summed E-state index contributed by atoms with van der Waals surface area (Å²) < 4.78 is 26.8. The van der Waals surface area contributed by atoms with Crippen LogP contribution in [0.1, 0.15) is 52.7 Å². The Morgan fingerprint density at radius 3 is 1.67 bits per heavy atom. The number of benzene rings is 4. The molecule has 42 heavy (non-hydrogen) atoms. The molecular weight excluding hydrogens is 539 g/mol. The van der Waals surface area contributed by atoms with Crippen LogP contribution in [0.4, 0.5) is 0 Å². The summed E-state index contributed by atoms with van der Waals surface area (Å²) in [5.74, 6) is -1.42. The van der Waals surface area contributed by atoms with Gasteiger partial charge in [0.15, 0.2) is 5.85 Å². The third kappa shape index (κ3) is 6.05. The summed E-state index contributed by atoms with van der Waals surface area (Å²) in [6, 6.07) is 39.6. The monoisotopic (exact) mass is 576 g/mol. The van der Waals surface area contributed by atoms with Crippen molar-refractivity contribution < 1.29 is 14.1 Å². The van der Waals surface area contributed by atoms with Crippen LogP contribution in [0, 0.1) is 0 Å². The number of nitrogens with zero attached hydrogens (tertiary/aromatic N) is 2. The molecule has 1 aliphatic carbocycles. The largest absolute Gasteiger partial charge is 0.444 e. The van der Waals surface area contributed by atoms with Crippen molar-refractivity contribution in [3.63, 3.8) is 0 Å². The van der Waals surface area contributed by atoms with Gasteiger partial charge < -0.3 is 4.74 Å². The molecule has 1 saturated heterocycles. The van der Waals surface area contributed by atoms with Crippen LogP contribution in [0.2, 0.25) is 0 Å². The zero-order chi connectivity index (χ0) is 28.8. The quantitative estimate of drug-likeness (QED) is 0.148. The fourth-order valence-corrected chi connectivity index (χ4v) is 9.90. The van der Waals surface area contributed by atoms with E-state index in [1.165, 1.54) is 0 Å². The minimum atomic E-state index is -3.51. The van der Waals surface area contributed by atoms with Crippen molar-refractivity contribution in [1.29, 1.82) is 0 Å². The first-order chi connectivity index (χ1) is 20.6. The highest BCUT2D eigenvalue weighted by Crippen LogP contribution is 2.68. The lowest BCUT2D eigenvalue weighted by molar-refractivity contribution is 0.0482. The maximum absolute atomic E-state index is 16.1. The Kier molecular flexibility index (Phi) is 8.81. The maximum atomic E-state index is 16.1. The van der Waals surface area contributed by atoms with Gasteiger partial charge in [0.2, 0.25) is 0 Å². The topological polar surface area (TPSA) is 49.9 Å². The van der Waals surface area contributed by atoms with Crippen molar-refractivity contribution in [2.45, 2.75) is 56.7 Å². The van der Waals surface area contributed by atoms with E-state index in [-0.39, 0.29) is 12.1 Å². The molecule has 0 unspecified atom stereocenters. The zero-order valence-electron chi connectivity index (χ0n) is 23.7. The van der Waals surface area contributed by atoms with Crippen molar-refractivity contribution >= 4 is 19.5 Å². The van der Waals surface area contributed by atoms with Gasteiger partial charge in [-0.25, -0.2) is 14.1 Å². The van der Waals surface area contributed by atoms with Gasteiger partial charge in [-0.2, -0.15) is 0 Å². The van der Waals surface area contributed by atoms with E-state index in [0.29, 0.717) is 18.7 Å². The summed E-state index contributed by atoms with van der Waals surface area (Å²) in [6.45, 7) is 1.06. The first-order valence-electron chi connectivity index (χ1n) is 14.8. The molecule has 214 valence electrons. The third-order valence-electron chi connectivity index (χ3n) is 8.39. The van der Waals surface area contributed by atoms with Crippen LogP contribution >= 0.6 is 7.44 Å². The molecule has 4 aromatic rings. The molecule has 0 radical (unpaired) electrons. The van der Waals surface area contributed by atoms with Crippen LogP contribution in [0.15, 0.2) is 127 Å². The summed E-state index contributed by atoms with van der Waals surface area (Å²) in [5, 5.41) is 0. The Bertz CT molecular complexity index is 1470. The van der Waals surface area contributed by atoms with Crippen LogP contribution in [0.25, 0.3) is 6.08 Å². The minimum Gasteiger partial charge on any atom is -0.444 e. The van der Waals surface area contributed by atoms with E-state index in [1.54, 1.807) is 12.1 Å². The second-order valence-electron chi connectivity index (χ2n) is 11.1. The normalized spacial score (nSPS) is 21.1. The van der Waals surface area contributed by atoms with Crippen LogP contribution in [-0.2, 0) is 22.4 Å². The first kappa shape index (κ1) is 28.4. The number of carbonyl (C=O) groups excluding carboxylic acids is 1. The fraction of sp³-hybridized carbons (Fsp3) is 0.250. The van der Waals surface area contributed by atoms with Crippen molar-refractivity contribution in [3.8, 4) is 0 Å². The molecule has 0 bridgehead atoms. The second-order valence-corrected chi connectivity index (χ2v) is 13.8. The van der Waals surface area contributed by atoms with E-state index in [4.69, 9.17) is 4.74 Å². The van der Waals surface area contributed by atoms with Gasteiger partial charge in [0, 0.05) is 25.2 Å². The van der Waals surface area contributed by atoms with Crippen LogP contribution < -0.4 is 0 Å². The van der Waals surface area contributed by atoms with Gasteiger partial charge in [0.1, 0.15) is 0 Å². The number of esters is 1. The Morgan fingerprint density at radius 2 is 1.17 bits per heavy atom. The van der Waals surface area contributed by atoms with Crippen molar-refractivity contribution in [1.82, 2.24) is 9.34 Å². The number of hydrogen-bond donors (Lipinski definition) is 0. The van der Waals surface area contributed by atoms with E-state index in [0.717, 1.165) is 42.4 Å². The molecule has 5 nitrogen and oxygen atoms in total. The van der Waals surface area contributed by atoms with Gasteiger partial charge in [0.05, 0.1) is 5.56 Å². The molecule has 2 fully saturated rings. The highest BCUT2D eigenvalue weighted by molar-refractivity contribution is 7.60. The highest BCUT2D eigenvalue weighted by Gasteiger charge is 2.59. The Balaban J connectivity index is 1.47. The Labute approximate surface area is 248 Å². The molecule has 1 aliphatic heterocycles. The molecule has 6 rings (SSSR count). The van der Waals surface area contributed by atoms with Crippen molar-refractivity contribution in [2.24, 2.45) is 0 Å². The third-order valence-corrected chi connectivity index (χ3v) is 11.7. The number of ether oxygens (including phenoxy) is 1. The van der Waals surface area contributed by atoms with E-state index in [2.05, 4.69) is 33.6 Å². The van der Waals surface area contributed by atoms with Gasteiger partial charge in [-0.1, -0.05) is 128 Å². The number of carbonyl (C=O) groups is 1. The summed E-state index contributed by atoms with van der Waals surface area (Å²) >= 11 is 0. The average Bonchev–Trinajstić information content (AvgIpc) is 3.28. The molecular formula is C36H37N2O3P. The van der Waals surface area contributed by atoms with Crippen LogP contribution in [0.5, 0.6) is 0 Å².